The first-order valence-electron chi connectivity index (χ1n) is 12.4. The minimum atomic E-state index is -5.14. The molecule has 1 aliphatic heterocycles. The summed E-state index contributed by atoms with van der Waals surface area (Å²) in [4.78, 5) is 28.4. The number of nitrogens with one attached hydrogen (secondary N) is 2. The molecule has 0 aromatic carbocycles. The molecule has 18 nitrogen and oxygen atoms in total. The van der Waals surface area contributed by atoms with Crippen LogP contribution >= 0.6 is 19.2 Å². The molecule has 0 radical (unpaired) electrons. The molecule has 1 saturated heterocycles. The number of aromatic amines is 1. The molecule has 1 aliphatic carbocycles. The molecule has 4 heterocycles. The Hall–Kier alpha value is -2.38. The standard InChI is InChI=1S/C20H29ClN9O9P/c21-19-24-16(23-10-3-1-2-4-10)11-5-22-30(17(11)25-19)18-15(33)14(32)12(39-18)6-38-20(8-31,40(34,35)36)9-37-7-13-26-28-29-27-13/h5,10,12,14-15,18,31-33H,1-4,6-9H2,(H,23,24,25)(H2,34,35,36)(H,26,27,28,29)/t12-,14-,15-,18-,20-/m1/s1. The number of nitrogens with zero attached hydrogens (tertiary/aromatic N) is 7. The predicted molar refractivity (Wildman–Crippen MR) is 134 cm³/mol. The van der Waals surface area contributed by atoms with Crippen LogP contribution in [0.1, 0.15) is 37.7 Å². The lowest BCUT2D eigenvalue weighted by atomic mass is 10.1. The fraction of sp³-hybridized carbons (Fsp3) is 0.700. The van der Waals surface area contributed by atoms with Gasteiger partial charge in [-0.25, -0.2) is 4.68 Å². The van der Waals surface area contributed by atoms with Crippen molar-refractivity contribution >= 4 is 36.0 Å². The lowest BCUT2D eigenvalue weighted by Gasteiger charge is -2.33. The molecule has 3 aromatic rings. The number of aliphatic hydroxyl groups is 3. The van der Waals surface area contributed by atoms with Crippen molar-refractivity contribution < 1.29 is 43.9 Å². The monoisotopic (exact) mass is 605 g/mol. The zero-order chi connectivity index (χ0) is 28.5. The van der Waals surface area contributed by atoms with Gasteiger partial charge in [0.05, 0.1) is 31.4 Å². The van der Waals surface area contributed by atoms with Gasteiger partial charge in [-0.3, -0.25) is 4.57 Å². The first kappa shape index (κ1) is 29.1. The predicted octanol–water partition coefficient (Wildman–Crippen LogP) is -0.934. The van der Waals surface area contributed by atoms with Gasteiger partial charge in [0.15, 0.2) is 17.7 Å². The van der Waals surface area contributed by atoms with Gasteiger partial charge in [-0.1, -0.05) is 18.1 Å². The number of fused-ring (bicyclic) bond motifs is 1. The highest BCUT2D eigenvalue weighted by Crippen LogP contribution is 2.51. The third-order valence-corrected chi connectivity index (χ3v) is 8.57. The van der Waals surface area contributed by atoms with Crippen LogP contribution in [0.15, 0.2) is 6.20 Å². The van der Waals surface area contributed by atoms with Crippen molar-refractivity contribution in [2.75, 3.05) is 25.1 Å². The minimum Gasteiger partial charge on any atom is -0.393 e. The molecule has 20 heteroatoms. The minimum absolute atomic E-state index is 0.0575. The fourth-order valence-corrected chi connectivity index (χ4v) is 5.55. The Morgan fingerprint density at radius 2 is 2.02 bits per heavy atom. The van der Waals surface area contributed by atoms with Crippen LogP contribution in [0.5, 0.6) is 0 Å². The molecule has 220 valence electrons. The van der Waals surface area contributed by atoms with Gasteiger partial charge in [0, 0.05) is 6.04 Å². The zero-order valence-electron chi connectivity index (χ0n) is 20.9. The van der Waals surface area contributed by atoms with Crippen LogP contribution in [-0.4, -0.2) is 115 Å². The lowest BCUT2D eigenvalue weighted by Crippen LogP contribution is -2.45. The van der Waals surface area contributed by atoms with Crippen LogP contribution in [0.4, 0.5) is 5.82 Å². The number of hydrogen-bond donors (Lipinski definition) is 7. The molecule has 40 heavy (non-hydrogen) atoms. The zero-order valence-corrected chi connectivity index (χ0v) is 22.6. The van der Waals surface area contributed by atoms with Gasteiger partial charge in [-0.15, -0.1) is 10.2 Å². The average molecular weight is 606 g/mol. The second-order valence-corrected chi connectivity index (χ2v) is 11.9. The number of aromatic nitrogens is 8. The van der Waals surface area contributed by atoms with Crippen LogP contribution in [0.25, 0.3) is 11.0 Å². The third-order valence-electron chi connectivity index (χ3n) is 6.94. The first-order chi connectivity index (χ1) is 19.1. The Morgan fingerprint density at radius 3 is 2.70 bits per heavy atom. The van der Waals surface area contributed by atoms with Crippen LogP contribution in [0, 0.1) is 0 Å². The lowest BCUT2D eigenvalue weighted by molar-refractivity contribution is -0.131. The number of rotatable bonds is 12. The van der Waals surface area contributed by atoms with Crippen molar-refractivity contribution in [2.24, 2.45) is 0 Å². The molecule has 5 rings (SSSR count). The van der Waals surface area contributed by atoms with Crippen LogP contribution < -0.4 is 5.32 Å². The molecular weight excluding hydrogens is 577 g/mol. The first-order valence-corrected chi connectivity index (χ1v) is 14.4. The van der Waals surface area contributed by atoms with Crippen molar-refractivity contribution in [3.8, 4) is 0 Å². The van der Waals surface area contributed by atoms with E-state index < -0.39 is 57.3 Å². The van der Waals surface area contributed by atoms with E-state index >= 15 is 0 Å². The smallest absolute Gasteiger partial charge is 0.361 e. The Morgan fingerprint density at radius 1 is 1.25 bits per heavy atom. The maximum Gasteiger partial charge on any atom is 0.361 e. The second-order valence-electron chi connectivity index (χ2n) is 9.62. The quantitative estimate of drug-likeness (QED) is 0.0971. The molecule has 0 spiro atoms. The Bertz CT molecular complexity index is 1340. The van der Waals surface area contributed by atoms with Gasteiger partial charge in [-0.2, -0.15) is 20.3 Å². The van der Waals surface area contributed by atoms with E-state index in [2.05, 4.69) is 41.0 Å². The van der Waals surface area contributed by atoms with E-state index in [0.717, 1.165) is 25.7 Å². The Kier molecular flexibility index (Phi) is 8.63. The highest BCUT2D eigenvalue weighted by Gasteiger charge is 2.51. The van der Waals surface area contributed by atoms with E-state index in [9.17, 15) is 29.7 Å². The summed E-state index contributed by atoms with van der Waals surface area (Å²) in [5.41, 5.74) is 0.244. The molecule has 1 saturated carbocycles. The summed E-state index contributed by atoms with van der Waals surface area (Å²) in [7, 11) is -5.14. The highest BCUT2D eigenvalue weighted by atomic mass is 35.5. The Labute approximate surface area is 231 Å². The van der Waals surface area contributed by atoms with E-state index in [1.807, 2.05) is 0 Å². The van der Waals surface area contributed by atoms with Crippen LogP contribution in [-0.2, 0) is 25.4 Å². The van der Waals surface area contributed by atoms with Gasteiger partial charge >= 0.3 is 7.60 Å². The molecule has 0 bridgehead atoms. The van der Waals surface area contributed by atoms with Crippen LogP contribution in [0.3, 0.4) is 0 Å². The summed E-state index contributed by atoms with van der Waals surface area (Å²) in [6, 6.07) is 0.228. The fourth-order valence-electron chi connectivity index (χ4n) is 4.70. The Balaban J connectivity index is 1.31. The van der Waals surface area contributed by atoms with Gasteiger partial charge in [0.1, 0.15) is 30.7 Å². The molecule has 7 N–H and O–H groups in total. The topological polar surface area (TPSA) is 256 Å². The summed E-state index contributed by atoms with van der Waals surface area (Å²) in [6.07, 6.45) is 0.0711. The molecule has 3 aromatic heterocycles. The van der Waals surface area contributed by atoms with Gasteiger partial charge in [0.25, 0.3) is 0 Å². The average Bonchev–Trinajstić information content (AvgIpc) is 3.71. The number of tetrazole rings is 1. The summed E-state index contributed by atoms with van der Waals surface area (Å²) in [5, 5.41) is 49.8. The summed E-state index contributed by atoms with van der Waals surface area (Å²) < 4.78 is 30.1. The van der Waals surface area contributed by atoms with Crippen molar-refractivity contribution in [2.45, 2.75) is 68.2 Å². The van der Waals surface area contributed by atoms with E-state index in [1.54, 1.807) is 0 Å². The van der Waals surface area contributed by atoms with E-state index in [0.29, 0.717) is 11.2 Å². The van der Waals surface area contributed by atoms with Crippen LogP contribution in [0.2, 0.25) is 5.28 Å². The van der Waals surface area contributed by atoms with Gasteiger partial charge in [0.2, 0.25) is 10.6 Å². The maximum atomic E-state index is 12.3. The summed E-state index contributed by atoms with van der Waals surface area (Å²) >= 11 is 6.17. The number of ether oxygens (including phenoxy) is 3. The normalized spacial score (nSPS) is 25.6. The van der Waals surface area contributed by atoms with Crippen molar-refractivity contribution in [1.82, 2.24) is 40.4 Å². The molecule has 0 amide bonds. The van der Waals surface area contributed by atoms with E-state index in [4.69, 9.17) is 25.8 Å². The van der Waals surface area contributed by atoms with Crippen molar-refractivity contribution in [3.05, 3.63) is 17.3 Å². The number of anilines is 1. The third kappa shape index (κ3) is 5.82. The largest absolute Gasteiger partial charge is 0.393 e. The van der Waals surface area contributed by atoms with E-state index in [1.165, 1.54) is 10.9 Å². The molecular formula is C20H29ClN9O9P. The van der Waals surface area contributed by atoms with E-state index in [-0.39, 0.29) is 29.4 Å². The summed E-state index contributed by atoms with van der Waals surface area (Å²) in [6.45, 7) is -2.80. The number of aliphatic hydroxyl groups excluding tert-OH is 3. The SMILES string of the molecule is O=P(O)(O)[C@](CO)(COCc1nn[nH]n1)OC[C@H]1O[C@@H](n2ncc3c(NC4CCCC4)nc(Cl)nc32)[C@H](O)[C@@H]1O. The van der Waals surface area contributed by atoms with Crippen molar-refractivity contribution in [1.29, 1.82) is 0 Å². The summed E-state index contributed by atoms with van der Waals surface area (Å²) in [5.74, 6) is 0.589. The second kappa shape index (κ2) is 11.8. The van der Waals surface area contributed by atoms with Gasteiger partial charge < -0.3 is 44.6 Å². The molecule has 2 aliphatic rings. The highest BCUT2D eigenvalue weighted by molar-refractivity contribution is 7.53. The number of halogens is 1. The molecule has 2 fully saturated rings. The van der Waals surface area contributed by atoms with Crippen molar-refractivity contribution in [3.63, 3.8) is 0 Å². The maximum absolute atomic E-state index is 12.3. The number of H-pyrrole nitrogens is 1. The number of hydrogen-bond acceptors (Lipinski definition) is 14. The molecule has 0 unspecified atom stereocenters. The van der Waals surface area contributed by atoms with Gasteiger partial charge in [-0.05, 0) is 24.4 Å². The molecule has 5 atom stereocenters.